The SMILES string of the molecule is Cc1ccc(C=CC(=O)c2ccccc2CN(C)C)c(C)c1. The van der Waals surface area contributed by atoms with Gasteiger partial charge in [-0.1, -0.05) is 54.1 Å². The average molecular weight is 293 g/mol. The predicted octanol–water partition coefficient (Wildman–Crippen LogP) is 4.26. The van der Waals surface area contributed by atoms with Crippen LogP contribution in [-0.2, 0) is 6.54 Å². The Bertz CT molecular complexity index is 699. The van der Waals surface area contributed by atoms with Crippen LogP contribution in [0.25, 0.3) is 6.08 Å². The van der Waals surface area contributed by atoms with E-state index in [0.717, 1.165) is 23.2 Å². The molecule has 0 atom stereocenters. The van der Waals surface area contributed by atoms with E-state index in [1.54, 1.807) is 6.08 Å². The van der Waals surface area contributed by atoms with Gasteiger partial charge in [0.05, 0.1) is 0 Å². The molecule has 0 aliphatic rings. The van der Waals surface area contributed by atoms with Gasteiger partial charge in [-0.15, -0.1) is 0 Å². The van der Waals surface area contributed by atoms with Crippen LogP contribution in [0.5, 0.6) is 0 Å². The summed E-state index contributed by atoms with van der Waals surface area (Å²) in [4.78, 5) is 14.6. The molecule has 0 saturated heterocycles. The van der Waals surface area contributed by atoms with Gasteiger partial charge in [-0.05, 0) is 50.7 Å². The maximum atomic E-state index is 12.5. The van der Waals surface area contributed by atoms with E-state index < -0.39 is 0 Å². The van der Waals surface area contributed by atoms with E-state index in [9.17, 15) is 4.79 Å². The molecule has 0 amide bonds. The van der Waals surface area contributed by atoms with Crippen LogP contribution in [0, 0.1) is 13.8 Å². The lowest BCUT2D eigenvalue weighted by Crippen LogP contribution is -2.13. The first-order chi connectivity index (χ1) is 10.5. The topological polar surface area (TPSA) is 20.3 Å². The summed E-state index contributed by atoms with van der Waals surface area (Å²) in [6.07, 6.45) is 3.58. The van der Waals surface area contributed by atoms with E-state index in [4.69, 9.17) is 0 Å². The normalized spacial score (nSPS) is 11.3. The third-order valence-electron chi connectivity index (χ3n) is 3.61. The smallest absolute Gasteiger partial charge is 0.186 e. The predicted molar refractivity (Wildman–Crippen MR) is 93.1 cm³/mol. The van der Waals surface area contributed by atoms with Crippen molar-refractivity contribution in [3.05, 3.63) is 76.4 Å². The number of rotatable bonds is 5. The summed E-state index contributed by atoms with van der Waals surface area (Å²) < 4.78 is 0. The fourth-order valence-electron chi connectivity index (χ4n) is 2.51. The fourth-order valence-corrected chi connectivity index (χ4v) is 2.51. The Hall–Kier alpha value is -2.19. The molecular weight excluding hydrogens is 270 g/mol. The van der Waals surface area contributed by atoms with Crippen molar-refractivity contribution >= 4 is 11.9 Å². The van der Waals surface area contributed by atoms with Crippen LogP contribution in [0.15, 0.2) is 48.5 Å². The van der Waals surface area contributed by atoms with Gasteiger partial charge < -0.3 is 4.90 Å². The van der Waals surface area contributed by atoms with Crippen molar-refractivity contribution < 1.29 is 4.79 Å². The van der Waals surface area contributed by atoms with E-state index >= 15 is 0 Å². The molecule has 2 heteroatoms. The number of allylic oxidation sites excluding steroid dienone is 1. The van der Waals surface area contributed by atoms with Crippen molar-refractivity contribution in [1.29, 1.82) is 0 Å². The zero-order valence-corrected chi connectivity index (χ0v) is 13.8. The lowest BCUT2D eigenvalue weighted by Gasteiger charge is -2.12. The van der Waals surface area contributed by atoms with E-state index in [1.165, 1.54) is 11.1 Å². The van der Waals surface area contributed by atoms with Crippen molar-refractivity contribution in [3.8, 4) is 0 Å². The van der Waals surface area contributed by atoms with Gasteiger partial charge in [-0.25, -0.2) is 0 Å². The number of hydrogen-bond acceptors (Lipinski definition) is 2. The summed E-state index contributed by atoms with van der Waals surface area (Å²) >= 11 is 0. The highest BCUT2D eigenvalue weighted by molar-refractivity contribution is 6.07. The molecule has 2 rings (SSSR count). The van der Waals surface area contributed by atoms with Crippen LogP contribution in [-0.4, -0.2) is 24.8 Å². The van der Waals surface area contributed by atoms with Gasteiger partial charge in [0.2, 0.25) is 0 Å². The fraction of sp³-hybridized carbons (Fsp3) is 0.250. The number of nitrogens with zero attached hydrogens (tertiary/aromatic N) is 1. The van der Waals surface area contributed by atoms with E-state index in [2.05, 4.69) is 36.9 Å². The largest absolute Gasteiger partial charge is 0.305 e. The molecule has 0 heterocycles. The number of carbonyl (C=O) groups is 1. The van der Waals surface area contributed by atoms with Crippen molar-refractivity contribution in [2.45, 2.75) is 20.4 Å². The lowest BCUT2D eigenvalue weighted by molar-refractivity contribution is 0.104. The second-order valence-electron chi connectivity index (χ2n) is 5.95. The van der Waals surface area contributed by atoms with E-state index in [0.29, 0.717) is 0 Å². The Balaban J connectivity index is 2.24. The van der Waals surface area contributed by atoms with Crippen molar-refractivity contribution in [2.75, 3.05) is 14.1 Å². The monoisotopic (exact) mass is 293 g/mol. The number of carbonyl (C=O) groups excluding carboxylic acids is 1. The summed E-state index contributed by atoms with van der Waals surface area (Å²) in [5.74, 6) is 0.0532. The second kappa shape index (κ2) is 7.19. The van der Waals surface area contributed by atoms with Gasteiger partial charge in [0.1, 0.15) is 0 Å². The van der Waals surface area contributed by atoms with Crippen LogP contribution in [0.4, 0.5) is 0 Å². The third-order valence-corrected chi connectivity index (χ3v) is 3.61. The van der Waals surface area contributed by atoms with Gasteiger partial charge in [0.25, 0.3) is 0 Å². The highest BCUT2D eigenvalue weighted by Crippen LogP contribution is 2.15. The number of benzene rings is 2. The lowest BCUT2D eigenvalue weighted by atomic mass is 10.0. The summed E-state index contributed by atoms with van der Waals surface area (Å²) in [6, 6.07) is 14.0. The molecule has 0 bridgehead atoms. The molecule has 0 spiro atoms. The number of aryl methyl sites for hydroxylation is 2. The molecule has 0 aromatic heterocycles. The molecule has 0 saturated carbocycles. The van der Waals surface area contributed by atoms with Crippen molar-refractivity contribution in [2.24, 2.45) is 0 Å². The van der Waals surface area contributed by atoms with Crippen LogP contribution in [0.2, 0.25) is 0 Å². The molecule has 2 nitrogen and oxygen atoms in total. The highest BCUT2D eigenvalue weighted by Gasteiger charge is 2.08. The average Bonchev–Trinajstić information content (AvgIpc) is 2.46. The van der Waals surface area contributed by atoms with Crippen LogP contribution in [0.1, 0.15) is 32.6 Å². The Labute approximate surface area is 133 Å². The molecule has 0 fully saturated rings. The molecule has 0 unspecified atom stereocenters. The summed E-state index contributed by atoms with van der Waals surface area (Å²) in [5.41, 5.74) is 5.34. The molecule has 2 aromatic carbocycles. The van der Waals surface area contributed by atoms with Gasteiger partial charge in [-0.2, -0.15) is 0 Å². The van der Waals surface area contributed by atoms with E-state index in [1.807, 2.05) is 44.4 Å². The van der Waals surface area contributed by atoms with Crippen LogP contribution < -0.4 is 0 Å². The summed E-state index contributed by atoms with van der Waals surface area (Å²) in [6.45, 7) is 4.90. The summed E-state index contributed by atoms with van der Waals surface area (Å²) in [7, 11) is 4.01. The first-order valence-electron chi connectivity index (χ1n) is 7.49. The Morgan fingerprint density at radius 1 is 1.09 bits per heavy atom. The Morgan fingerprint density at radius 2 is 1.82 bits per heavy atom. The standard InChI is InChI=1S/C20H23NO/c1-15-9-10-17(16(2)13-15)11-12-20(22)19-8-6-5-7-18(19)14-21(3)4/h5-13H,14H2,1-4H3. The number of hydrogen-bond donors (Lipinski definition) is 0. The van der Waals surface area contributed by atoms with Gasteiger partial charge in [-0.3, -0.25) is 4.79 Å². The maximum Gasteiger partial charge on any atom is 0.186 e. The van der Waals surface area contributed by atoms with Gasteiger partial charge >= 0.3 is 0 Å². The maximum absolute atomic E-state index is 12.5. The minimum Gasteiger partial charge on any atom is -0.305 e. The van der Waals surface area contributed by atoms with E-state index in [-0.39, 0.29) is 5.78 Å². The molecule has 0 radical (unpaired) electrons. The van der Waals surface area contributed by atoms with Crippen molar-refractivity contribution in [3.63, 3.8) is 0 Å². The minimum absolute atomic E-state index is 0.0532. The molecule has 0 aliphatic carbocycles. The minimum atomic E-state index is 0.0532. The molecule has 0 aliphatic heterocycles. The zero-order chi connectivity index (χ0) is 16.1. The second-order valence-corrected chi connectivity index (χ2v) is 5.95. The van der Waals surface area contributed by atoms with Crippen molar-refractivity contribution in [1.82, 2.24) is 4.90 Å². The zero-order valence-electron chi connectivity index (χ0n) is 13.8. The Morgan fingerprint density at radius 3 is 2.50 bits per heavy atom. The molecule has 0 N–H and O–H groups in total. The number of ketones is 1. The van der Waals surface area contributed by atoms with Gasteiger partial charge in [0, 0.05) is 12.1 Å². The third kappa shape index (κ3) is 4.15. The molecular formula is C20H23NO. The first kappa shape index (κ1) is 16.2. The van der Waals surface area contributed by atoms with Crippen LogP contribution in [0.3, 0.4) is 0 Å². The molecule has 114 valence electrons. The Kier molecular flexibility index (Phi) is 5.29. The van der Waals surface area contributed by atoms with Gasteiger partial charge in [0.15, 0.2) is 5.78 Å². The van der Waals surface area contributed by atoms with Crippen LogP contribution >= 0.6 is 0 Å². The first-order valence-corrected chi connectivity index (χ1v) is 7.49. The summed E-state index contributed by atoms with van der Waals surface area (Å²) in [5, 5.41) is 0. The highest BCUT2D eigenvalue weighted by atomic mass is 16.1. The quantitative estimate of drug-likeness (QED) is 0.606. The molecule has 22 heavy (non-hydrogen) atoms. The molecule has 2 aromatic rings.